The van der Waals surface area contributed by atoms with Crippen molar-refractivity contribution in [3.63, 3.8) is 0 Å². The van der Waals surface area contributed by atoms with E-state index in [1.54, 1.807) is 24.3 Å². The van der Waals surface area contributed by atoms with Gasteiger partial charge in [0.15, 0.2) is 5.65 Å². The van der Waals surface area contributed by atoms with Crippen LogP contribution in [0.5, 0.6) is 5.75 Å². The van der Waals surface area contributed by atoms with E-state index >= 15 is 0 Å². The van der Waals surface area contributed by atoms with Crippen molar-refractivity contribution in [3.8, 4) is 17.0 Å². The summed E-state index contributed by atoms with van der Waals surface area (Å²) >= 11 is 0. The first-order chi connectivity index (χ1) is 12.4. The van der Waals surface area contributed by atoms with Crippen LogP contribution in [-0.4, -0.2) is 26.9 Å². The Hall–Kier alpha value is -3.10. The molecule has 1 N–H and O–H groups in total. The van der Waals surface area contributed by atoms with Gasteiger partial charge in [0.25, 0.3) is 0 Å². The van der Waals surface area contributed by atoms with Crippen LogP contribution in [0.15, 0.2) is 42.5 Å². The summed E-state index contributed by atoms with van der Waals surface area (Å²) in [5.74, 6) is -0.272. The van der Waals surface area contributed by atoms with Gasteiger partial charge in [-0.1, -0.05) is 18.2 Å². The van der Waals surface area contributed by atoms with Gasteiger partial charge in [0, 0.05) is 11.5 Å². The normalized spacial score (nSPS) is 14.4. The molecule has 134 valence electrons. The number of aromatic nitrogens is 3. The second-order valence-electron chi connectivity index (χ2n) is 5.96. The SMILES string of the molecule is O=C(Nc1nc2cccc(-c3cccc(OC(F)(F)F)c3)n2n1)C1CC1. The van der Waals surface area contributed by atoms with E-state index in [1.807, 2.05) is 0 Å². The summed E-state index contributed by atoms with van der Waals surface area (Å²) in [5, 5.41) is 6.91. The Bertz CT molecular complexity index is 980. The summed E-state index contributed by atoms with van der Waals surface area (Å²) < 4.78 is 42.7. The molecule has 6 nitrogen and oxygen atoms in total. The van der Waals surface area contributed by atoms with Crippen LogP contribution in [0.2, 0.25) is 0 Å². The van der Waals surface area contributed by atoms with Crippen LogP contribution < -0.4 is 10.1 Å². The average molecular weight is 362 g/mol. The van der Waals surface area contributed by atoms with Gasteiger partial charge in [-0.2, -0.15) is 4.98 Å². The van der Waals surface area contributed by atoms with Gasteiger partial charge < -0.3 is 4.74 Å². The van der Waals surface area contributed by atoms with Crippen molar-refractivity contribution < 1.29 is 22.7 Å². The van der Waals surface area contributed by atoms with Gasteiger partial charge in [0.05, 0.1) is 5.69 Å². The van der Waals surface area contributed by atoms with Crippen LogP contribution in [0, 0.1) is 5.92 Å². The number of hydrogen-bond donors (Lipinski definition) is 1. The van der Waals surface area contributed by atoms with Crippen LogP contribution in [0.25, 0.3) is 16.9 Å². The van der Waals surface area contributed by atoms with Crippen LogP contribution in [0.4, 0.5) is 19.1 Å². The monoisotopic (exact) mass is 362 g/mol. The van der Waals surface area contributed by atoms with E-state index < -0.39 is 6.36 Å². The first-order valence-electron chi connectivity index (χ1n) is 7.92. The minimum Gasteiger partial charge on any atom is -0.406 e. The Morgan fingerprint density at radius 3 is 2.69 bits per heavy atom. The smallest absolute Gasteiger partial charge is 0.406 e. The van der Waals surface area contributed by atoms with E-state index in [0.717, 1.165) is 12.8 Å². The fourth-order valence-corrected chi connectivity index (χ4v) is 2.59. The molecule has 1 amide bonds. The number of nitrogens with one attached hydrogen (secondary N) is 1. The largest absolute Gasteiger partial charge is 0.573 e. The van der Waals surface area contributed by atoms with Crippen LogP contribution in [0.3, 0.4) is 0 Å². The van der Waals surface area contributed by atoms with Crippen LogP contribution >= 0.6 is 0 Å². The molecule has 1 aromatic carbocycles. The zero-order valence-corrected chi connectivity index (χ0v) is 13.3. The molecular formula is C17H13F3N4O2. The number of fused-ring (bicyclic) bond motifs is 1. The maximum absolute atomic E-state index is 12.4. The topological polar surface area (TPSA) is 68.5 Å². The van der Waals surface area contributed by atoms with Gasteiger partial charge in [-0.3, -0.25) is 10.1 Å². The number of alkyl halides is 3. The number of halogens is 3. The molecule has 0 unspecified atom stereocenters. The summed E-state index contributed by atoms with van der Waals surface area (Å²) in [6, 6.07) is 10.7. The number of rotatable bonds is 4. The fraction of sp³-hybridized carbons (Fsp3) is 0.235. The average Bonchev–Trinajstić information content (AvgIpc) is 3.33. The van der Waals surface area contributed by atoms with E-state index in [-0.39, 0.29) is 23.5 Å². The van der Waals surface area contributed by atoms with Gasteiger partial charge in [-0.05, 0) is 37.1 Å². The van der Waals surface area contributed by atoms with Crippen molar-refractivity contribution in [1.29, 1.82) is 0 Å². The lowest BCUT2D eigenvalue weighted by Crippen LogP contribution is -2.17. The summed E-state index contributed by atoms with van der Waals surface area (Å²) in [4.78, 5) is 16.1. The van der Waals surface area contributed by atoms with Crippen molar-refractivity contribution in [2.24, 2.45) is 5.92 Å². The maximum atomic E-state index is 12.4. The van der Waals surface area contributed by atoms with Crippen molar-refractivity contribution >= 4 is 17.5 Å². The van der Waals surface area contributed by atoms with E-state index in [2.05, 4.69) is 20.1 Å². The van der Waals surface area contributed by atoms with E-state index in [4.69, 9.17) is 0 Å². The number of hydrogen-bond acceptors (Lipinski definition) is 4. The minimum atomic E-state index is -4.77. The van der Waals surface area contributed by atoms with Gasteiger partial charge >= 0.3 is 6.36 Å². The van der Waals surface area contributed by atoms with Crippen molar-refractivity contribution in [2.75, 3.05) is 5.32 Å². The molecule has 0 spiro atoms. The highest BCUT2D eigenvalue weighted by Gasteiger charge is 2.31. The Balaban J connectivity index is 1.69. The Morgan fingerprint density at radius 2 is 1.96 bits per heavy atom. The molecular weight excluding hydrogens is 349 g/mol. The molecule has 1 aliphatic carbocycles. The van der Waals surface area contributed by atoms with Crippen LogP contribution in [0.1, 0.15) is 12.8 Å². The summed E-state index contributed by atoms with van der Waals surface area (Å²) in [5.41, 5.74) is 1.47. The lowest BCUT2D eigenvalue weighted by atomic mass is 10.1. The molecule has 0 radical (unpaired) electrons. The predicted octanol–water partition coefficient (Wildman–Crippen LogP) is 3.64. The van der Waals surface area contributed by atoms with Crippen LogP contribution in [-0.2, 0) is 4.79 Å². The zero-order valence-electron chi connectivity index (χ0n) is 13.3. The zero-order chi connectivity index (χ0) is 18.3. The first-order valence-corrected chi connectivity index (χ1v) is 7.92. The molecule has 1 fully saturated rings. The molecule has 0 atom stereocenters. The highest BCUT2D eigenvalue weighted by atomic mass is 19.4. The number of pyridine rings is 1. The third kappa shape index (κ3) is 3.46. The van der Waals surface area contributed by atoms with E-state index in [1.165, 1.54) is 22.7 Å². The van der Waals surface area contributed by atoms with Crippen molar-refractivity contribution in [1.82, 2.24) is 14.6 Å². The quantitative estimate of drug-likeness (QED) is 0.769. The Kier molecular flexibility index (Phi) is 3.78. The lowest BCUT2D eigenvalue weighted by molar-refractivity contribution is -0.274. The Labute approximate surface area is 145 Å². The molecule has 4 rings (SSSR count). The Morgan fingerprint density at radius 1 is 1.19 bits per heavy atom. The second-order valence-corrected chi connectivity index (χ2v) is 5.96. The van der Waals surface area contributed by atoms with Gasteiger partial charge in [-0.25, -0.2) is 4.52 Å². The number of nitrogens with zero attached hydrogens (tertiary/aromatic N) is 3. The number of carbonyl (C=O) groups is 1. The first kappa shape index (κ1) is 16.4. The third-order valence-electron chi connectivity index (χ3n) is 3.91. The molecule has 3 aromatic rings. The number of amides is 1. The third-order valence-corrected chi connectivity index (χ3v) is 3.91. The van der Waals surface area contributed by atoms with E-state index in [0.29, 0.717) is 16.9 Å². The summed E-state index contributed by atoms with van der Waals surface area (Å²) in [7, 11) is 0. The predicted molar refractivity (Wildman–Crippen MR) is 86.5 cm³/mol. The van der Waals surface area contributed by atoms with Crippen molar-refractivity contribution in [3.05, 3.63) is 42.5 Å². The van der Waals surface area contributed by atoms with Gasteiger partial charge in [0.2, 0.25) is 11.9 Å². The number of carbonyl (C=O) groups excluding carboxylic acids is 1. The maximum Gasteiger partial charge on any atom is 0.573 e. The molecule has 1 aliphatic rings. The molecule has 2 heterocycles. The van der Waals surface area contributed by atoms with Gasteiger partial charge in [0.1, 0.15) is 5.75 Å². The molecule has 9 heteroatoms. The molecule has 0 bridgehead atoms. The summed E-state index contributed by atoms with van der Waals surface area (Å²) in [6.45, 7) is 0. The van der Waals surface area contributed by atoms with E-state index in [9.17, 15) is 18.0 Å². The molecule has 26 heavy (non-hydrogen) atoms. The summed E-state index contributed by atoms with van der Waals surface area (Å²) in [6.07, 6.45) is -3.05. The number of anilines is 1. The standard InChI is InChI=1S/C17H13F3N4O2/c18-17(19,20)26-12-4-1-3-11(9-12)13-5-2-6-14-21-16(23-24(13)14)22-15(25)10-7-8-10/h1-6,9-10H,7-8H2,(H,22,23,25). The minimum absolute atomic E-state index is 0.0114. The number of benzene rings is 1. The lowest BCUT2D eigenvalue weighted by Gasteiger charge is -2.10. The highest BCUT2D eigenvalue weighted by molar-refractivity contribution is 5.92. The molecule has 2 aromatic heterocycles. The highest BCUT2D eigenvalue weighted by Crippen LogP contribution is 2.30. The van der Waals surface area contributed by atoms with Crippen molar-refractivity contribution in [2.45, 2.75) is 19.2 Å². The van der Waals surface area contributed by atoms with Gasteiger partial charge in [-0.15, -0.1) is 18.3 Å². The molecule has 1 saturated carbocycles. The molecule has 0 aliphatic heterocycles. The number of ether oxygens (including phenoxy) is 1. The molecule has 0 saturated heterocycles. The fourth-order valence-electron chi connectivity index (χ4n) is 2.59. The second kappa shape index (κ2) is 6.01.